The highest BCUT2D eigenvalue weighted by Gasteiger charge is 2.09. The molecule has 0 aliphatic carbocycles. The van der Waals surface area contributed by atoms with Crippen molar-refractivity contribution in [2.45, 2.75) is 6.92 Å². The summed E-state index contributed by atoms with van der Waals surface area (Å²) in [6, 6.07) is 14.0. The van der Waals surface area contributed by atoms with E-state index < -0.39 is 0 Å². The maximum absolute atomic E-state index is 6.04. The van der Waals surface area contributed by atoms with Gasteiger partial charge in [-0.05, 0) is 24.6 Å². The molecule has 0 aliphatic heterocycles. The van der Waals surface area contributed by atoms with Crippen LogP contribution < -0.4 is 5.73 Å². The number of aryl methyl sites for hydroxylation is 1. The lowest BCUT2D eigenvalue weighted by Gasteiger charge is -2.10. The van der Waals surface area contributed by atoms with Crippen molar-refractivity contribution in [3.63, 3.8) is 0 Å². The van der Waals surface area contributed by atoms with Crippen LogP contribution in [-0.2, 0) is 0 Å². The van der Waals surface area contributed by atoms with Crippen LogP contribution in [0, 0.1) is 6.92 Å². The minimum Gasteiger partial charge on any atom is -0.397 e. The van der Waals surface area contributed by atoms with E-state index in [9.17, 15) is 0 Å². The lowest BCUT2D eigenvalue weighted by molar-refractivity contribution is 0.905. The Bertz CT molecular complexity index is 663. The number of benzene rings is 2. The molecule has 0 radical (unpaired) electrons. The molecule has 1 heterocycles. The van der Waals surface area contributed by atoms with Crippen LogP contribution in [-0.4, -0.2) is 9.78 Å². The number of anilines is 1. The van der Waals surface area contributed by atoms with E-state index in [1.807, 2.05) is 60.3 Å². The van der Waals surface area contributed by atoms with Crippen molar-refractivity contribution in [3.8, 4) is 5.69 Å². The molecule has 0 aliphatic rings. The monoisotopic (exact) mass is 223 g/mol. The Balaban J connectivity index is 2.35. The van der Waals surface area contributed by atoms with Crippen LogP contribution in [0.15, 0.2) is 48.7 Å². The third kappa shape index (κ3) is 1.47. The van der Waals surface area contributed by atoms with Gasteiger partial charge >= 0.3 is 0 Å². The average Bonchev–Trinajstić information content (AvgIpc) is 2.73. The topological polar surface area (TPSA) is 43.8 Å². The molecule has 3 heteroatoms. The lowest BCUT2D eigenvalue weighted by atomic mass is 10.1. The van der Waals surface area contributed by atoms with Gasteiger partial charge in [0, 0.05) is 5.39 Å². The Morgan fingerprint density at radius 1 is 1.06 bits per heavy atom. The molecule has 0 bridgehead atoms. The first-order chi connectivity index (χ1) is 8.27. The number of nitrogen functional groups attached to an aromatic ring is 1. The molecule has 0 saturated carbocycles. The fourth-order valence-electron chi connectivity index (χ4n) is 2.12. The maximum Gasteiger partial charge on any atom is 0.0911 e. The van der Waals surface area contributed by atoms with Crippen molar-refractivity contribution in [2.75, 3.05) is 5.73 Å². The molecule has 3 aromatic rings. The second-order valence-electron chi connectivity index (χ2n) is 4.13. The predicted octanol–water partition coefficient (Wildman–Crippen LogP) is 2.92. The minimum absolute atomic E-state index is 0.749. The van der Waals surface area contributed by atoms with Crippen molar-refractivity contribution in [3.05, 3.63) is 54.2 Å². The van der Waals surface area contributed by atoms with E-state index in [2.05, 4.69) is 5.10 Å². The predicted molar refractivity (Wildman–Crippen MR) is 70.2 cm³/mol. The Morgan fingerprint density at radius 3 is 2.71 bits per heavy atom. The third-order valence-electron chi connectivity index (χ3n) is 2.96. The van der Waals surface area contributed by atoms with Gasteiger partial charge in [0.25, 0.3) is 0 Å². The van der Waals surface area contributed by atoms with E-state index in [0.717, 1.165) is 27.8 Å². The summed E-state index contributed by atoms with van der Waals surface area (Å²) in [6.07, 6.45) is 1.86. The summed E-state index contributed by atoms with van der Waals surface area (Å²) in [6.45, 7) is 2.04. The summed E-state index contributed by atoms with van der Waals surface area (Å²) in [7, 11) is 0. The maximum atomic E-state index is 6.04. The molecule has 0 amide bonds. The van der Waals surface area contributed by atoms with Gasteiger partial charge in [-0.1, -0.05) is 30.3 Å². The van der Waals surface area contributed by atoms with Crippen LogP contribution in [0.3, 0.4) is 0 Å². The van der Waals surface area contributed by atoms with E-state index in [-0.39, 0.29) is 0 Å². The third-order valence-corrected chi connectivity index (χ3v) is 2.96. The molecule has 0 atom stereocenters. The Kier molecular flexibility index (Phi) is 2.11. The molecule has 0 fully saturated rings. The number of fused-ring (bicyclic) bond motifs is 1. The quantitative estimate of drug-likeness (QED) is 0.644. The molecule has 84 valence electrons. The molecule has 1 aromatic heterocycles. The van der Waals surface area contributed by atoms with E-state index in [1.165, 1.54) is 0 Å². The van der Waals surface area contributed by atoms with Crippen LogP contribution in [0.4, 0.5) is 5.69 Å². The van der Waals surface area contributed by atoms with E-state index >= 15 is 0 Å². The summed E-state index contributed by atoms with van der Waals surface area (Å²) in [4.78, 5) is 0. The van der Waals surface area contributed by atoms with Gasteiger partial charge in [0.15, 0.2) is 0 Å². The van der Waals surface area contributed by atoms with E-state index in [0.29, 0.717) is 0 Å². The number of rotatable bonds is 1. The number of nitrogens with two attached hydrogens (primary N) is 1. The molecule has 2 aromatic carbocycles. The molecule has 2 N–H and O–H groups in total. The number of hydrogen-bond acceptors (Lipinski definition) is 2. The Labute approximate surface area is 99.5 Å². The van der Waals surface area contributed by atoms with Crippen LogP contribution in [0.5, 0.6) is 0 Å². The SMILES string of the molecule is Cc1cccc(N)c1-n1ncc2ccccc21. The Morgan fingerprint density at radius 2 is 1.88 bits per heavy atom. The number of nitrogens with zero attached hydrogens (tertiary/aromatic N) is 2. The molecular weight excluding hydrogens is 210 g/mol. The zero-order valence-electron chi connectivity index (χ0n) is 9.59. The standard InChI is InChI=1S/C14H13N3/c1-10-5-4-7-12(15)14(10)17-13-8-3-2-6-11(13)9-16-17/h2-9H,15H2,1H3. The zero-order valence-corrected chi connectivity index (χ0v) is 9.59. The second-order valence-corrected chi connectivity index (χ2v) is 4.13. The van der Waals surface area contributed by atoms with Crippen LogP contribution >= 0.6 is 0 Å². The summed E-state index contributed by atoms with van der Waals surface area (Å²) in [5.41, 5.74) is 9.96. The van der Waals surface area contributed by atoms with E-state index in [4.69, 9.17) is 5.73 Å². The fraction of sp³-hybridized carbons (Fsp3) is 0.0714. The van der Waals surface area contributed by atoms with Gasteiger partial charge < -0.3 is 5.73 Å². The zero-order chi connectivity index (χ0) is 11.8. The normalized spacial score (nSPS) is 10.9. The van der Waals surface area contributed by atoms with Gasteiger partial charge in [0.2, 0.25) is 0 Å². The van der Waals surface area contributed by atoms with Gasteiger partial charge in [-0.3, -0.25) is 0 Å². The summed E-state index contributed by atoms with van der Waals surface area (Å²) >= 11 is 0. The molecule has 0 saturated heterocycles. The van der Waals surface area contributed by atoms with Crippen LogP contribution in [0.1, 0.15) is 5.56 Å². The van der Waals surface area contributed by atoms with Gasteiger partial charge in [-0.15, -0.1) is 0 Å². The first-order valence-electron chi connectivity index (χ1n) is 5.55. The number of hydrogen-bond donors (Lipinski definition) is 1. The van der Waals surface area contributed by atoms with Crippen LogP contribution in [0.2, 0.25) is 0 Å². The lowest BCUT2D eigenvalue weighted by Crippen LogP contribution is -2.03. The minimum atomic E-state index is 0.749. The van der Waals surface area contributed by atoms with Crippen molar-refractivity contribution in [2.24, 2.45) is 0 Å². The molecule has 3 rings (SSSR count). The van der Waals surface area contributed by atoms with Crippen molar-refractivity contribution < 1.29 is 0 Å². The van der Waals surface area contributed by atoms with Crippen LogP contribution in [0.25, 0.3) is 16.6 Å². The largest absolute Gasteiger partial charge is 0.397 e. The van der Waals surface area contributed by atoms with Gasteiger partial charge in [-0.2, -0.15) is 5.10 Å². The van der Waals surface area contributed by atoms with Gasteiger partial charge in [0.05, 0.1) is 23.1 Å². The van der Waals surface area contributed by atoms with Gasteiger partial charge in [0.1, 0.15) is 0 Å². The van der Waals surface area contributed by atoms with Gasteiger partial charge in [-0.25, -0.2) is 4.68 Å². The summed E-state index contributed by atoms with van der Waals surface area (Å²) < 4.78 is 1.90. The smallest absolute Gasteiger partial charge is 0.0911 e. The number of aromatic nitrogens is 2. The average molecular weight is 223 g/mol. The fourth-order valence-corrected chi connectivity index (χ4v) is 2.12. The molecule has 17 heavy (non-hydrogen) atoms. The van der Waals surface area contributed by atoms with Crippen molar-refractivity contribution in [1.82, 2.24) is 9.78 Å². The molecule has 0 spiro atoms. The first kappa shape index (κ1) is 9.90. The highest BCUT2D eigenvalue weighted by atomic mass is 15.3. The second kappa shape index (κ2) is 3.63. The molecule has 0 unspecified atom stereocenters. The molecular formula is C14H13N3. The Hall–Kier alpha value is -2.29. The number of para-hydroxylation sites is 2. The molecule has 3 nitrogen and oxygen atoms in total. The summed E-state index contributed by atoms with van der Waals surface area (Å²) in [5.74, 6) is 0. The summed E-state index contributed by atoms with van der Waals surface area (Å²) in [5, 5.41) is 5.54. The first-order valence-corrected chi connectivity index (χ1v) is 5.55. The van der Waals surface area contributed by atoms with E-state index in [1.54, 1.807) is 0 Å². The highest BCUT2D eigenvalue weighted by molar-refractivity contribution is 5.81. The van der Waals surface area contributed by atoms with Crippen molar-refractivity contribution >= 4 is 16.6 Å². The highest BCUT2D eigenvalue weighted by Crippen LogP contribution is 2.25. The van der Waals surface area contributed by atoms with Crippen molar-refractivity contribution in [1.29, 1.82) is 0 Å².